The first-order valence-electron chi connectivity index (χ1n) is 10.2. The molecule has 3 N–H and O–H groups in total. The predicted molar refractivity (Wildman–Crippen MR) is 121 cm³/mol. The van der Waals surface area contributed by atoms with Gasteiger partial charge in [0.1, 0.15) is 0 Å². The van der Waals surface area contributed by atoms with Crippen LogP contribution in [0.25, 0.3) is 0 Å². The van der Waals surface area contributed by atoms with Gasteiger partial charge in [0.25, 0.3) is 11.8 Å². The average Bonchev–Trinajstić information content (AvgIpc) is 2.82. The summed E-state index contributed by atoms with van der Waals surface area (Å²) in [6, 6.07) is 25.4. The van der Waals surface area contributed by atoms with Crippen molar-refractivity contribution in [2.24, 2.45) is 0 Å². The Kier molecular flexibility index (Phi) is 7.94. The molecule has 0 spiro atoms. The first-order chi connectivity index (χ1) is 15.1. The van der Waals surface area contributed by atoms with Crippen LogP contribution in [0.1, 0.15) is 39.1 Å². The summed E-state index contributed by atoms with van der Waals surface area (Å²) < 4.78 is 0. The Morgan fingerprint density at radius 1 is 0.677 bits per heavy atom. The van der Waals surface area contributed by atoms with E-state index in [0.29, 0.717) is 37.1 Å². The van der Waals surface area contributed by atoms with Crippen LogP contribution in [0.2, 0.25) is 0 Å². The van der Waals surface area contributed by atoms with Crippen LogP contribution in [-0.4, -0.2) is 24.3 Å². The smallest absolute Gasteiger partial charge is 0.255 e. The lowest BCUT2D eigenvalue weighted by Gasteiger charge is -2.09. The van der Waals surface area contributed by atoms with Gasteiger partial charge in [0.05, 0.1) is 0 Å². The molecule has 0 saturated heterocycles. The minimum absolute atomic E-state index is 0.104. The highest BCUT2D eigenvalue weighted by atomic mass is 16.2. The number of amides is 3. The van der Waals surface area contributed by atoms with Gasteiger partial charge in [-0.1, -0.05) is 48.5 Å². The monoisotopic (exact) mass is 415 g/mol. The molecule has 6 heteroatoms. The molecule has 0 radical (unpaired) electrons. The predicted octanol–water partition coefficient (Wildman–Crippen LogP) is 3.77. The van der Waals surface area contributed by atoms with Crippen LogP contribution in [0, 0.1) is 0 Å². The van der Waals surface area contributed by atoms with Crippen molar-refractivity contribution in [2.45, 2.75) is 19.4 Å². The van der Waals surface area contributed by atoms with Gasteiger partial charge in [0, 0.05) is 36.3 Å². The summed E-state index contributed by atoms with van der Waals surface area (Å²) in [6.45, 7) is 0.762. The summed E-state index contributed by atoms with van der Waals surface area (Å²) in [6.07, 6.45) is 0.854. The Morgan fingerprint density at radius 2 is 1.35 bits per heavy atom. The lowest BCUT2D eigenvalue weighted by molar-refractivity contribution is -0.121. The van der Waals surface area contributed by atoms with Gasteiger partial charge in [0.2, 0.25) is 5.91 Å². The van der Waals surface area contributed by atoms with Crippen LogP contribution in [0.4, 0.5) is 5.69 Å². The van der Waals surface area contributed by atoms with Gasteiger partial charge < -0.3 is 16.0 Å². The number of hydrogen-bond acceptors (Lipinski definition) is 3. The van der Waals surface area contributed by atoms with E-state index < -0.39 is 0 Å². The van der Waals surface area contributed by atoms with E-state index in [2.05, 4.69) is 16.0 Å². The van der Waals surface area contributed by atoms with Gasteiger partial charge in [-0.2, -0.15) is 0 Å². The van der Waals surface area contributed by atoms with Gasteiger partial charge in [-0.15, -0.1) is 0 Å². The molecular formula is C25H25N3O3. The van der Waals surface area contributed by atoms with E-state index in [1.165, 1.54) is 0 Å². The van der Waals surface area contributed by atoms with Crippen LogP contribution < -0.4 is 16.0 Å². The van der Waals surface area contributed by atoms with Crippen molar-refractivity contribution in [3.8, 4) is 0 Å². The second-order valence-corrected chi connectivity index (χ2v) is 7.02. The number of carbonyl (C=O) groups is 3. The highest BCUT2D eigenvalue weighted by Gasteiger charge is 2.08. The third-order valence-electron chi connectivity index (χ3n) is 4.61. The maximum Gasteiger partial charge on any atom is 0.255 e. The van der Waals surface area contributed by atoms with Crippen LogP contribution in [0.5, 0.6) is 0 Å². The van der Waals surface area contributed by atoms with Crippen molar-refractivity contribution < 1.29 is 14.4 Å². The molecule has 0 saturated carbocycles. The van der Waals surface area contributed by atoms with Crippen molar-refractivity contribution in [3.63, 3.8) is 0 Å². The molecule has 0 aliphatic heterocycles. The van der Waals surface area contributed by atoms with E-state index in [1.807, 2.05) is 54.6 Å². The second-order valence-electron chi connectivity index (χ2n) is 7.02. The highest BCUT2D eigenvalue weighted by Crippen LogP contribution is 2.10. The van der Waals surface area contributed by atoms with Gasteiger partial charge in [-0.05, 0) is 48.4 Å². The van der Waals surface area contributed by atoms with E-state index in [9.17, 15) is 14.4 Å². The molecule has 0 bridgehead atoms. The maximum absolute atomic E-state index is 12.4. The van der Waals surface area contributed by atoms with E-state index in [0.717, 1.165) is 11.3 Å². The van der Waals surface area contributed by atoms with Gasteiger partial charge in [-0.25, -0.2) is 0 Å². The lowest BCUT2D eigenvalue weighted by Crippen LogP contribution is -2.27. The van der Waals surface area contributed by atoms with E-state index in [1.54, 1.807) is 30.3 Å². The molecule has 3 rings (SSSR count). The zero-order chi connectivity index (χ0) is 21.9. The molecule has 3 amide bonds. The lowest BCUT2D eigenvalue weighted by atomic mass is 10.1. The van der Waals surface area contributed by atoms with Crippen LogP contribution in [0.3, 0.4) is 0 Å². The molecule has 6 nitrogen and oxygen atoms in total. The fraction of sp³-hybridized carbons (Fsp3) is 0.160. The number of rotatable bonds is 9. The third-order valence-corrected chi connectivity index (χ3v) is 4.61. The first kappa shape index (κ1) is 21.8. The second kappa shape index (κ2) is 11.3. The molecule has 3 aromatic rings. The Morgan fingerprint density at radius 3 is 2.10 bits per heavy atom. The van der Waals surface area contributed by atoms with Crippen molar-refractivity contribution >= 4 is 23.4 Å². The molecule has 31 heavy (non-hydrogen) atoms. The molecule has 158 valence electrons. The normalized spacial score (nSPS) is 10.2. The molecular weight excluding hydrogens is 390 g/mol. The molecule has 0 atom stereocenters. The third kappa shape index (κ3) is 7.12. The summed E-state index contributed by atoms with van der Waals surface area (Å²) in [5, 5.41) is 8.50. The quantitative estimate of drug-likeness (QED) is 0.465. The molecule has 0 aliphatic carbocycles. The SMILES string of the molecule is O=C(CCCNC(=O)c1ccccc1)NCc1cccc(C(=O)Nc2ccccc2)c1. The minimum atomic E-state index is -0.200. The Bertz CT molecular complexity index is 1020. The molecule has 0 unspecified atom stereocenters. The van der Waals surface area contributed by atoms with E-state index in [4.69, 9.17) is 0 Å². The fourth-order valence-corrected chi connectivity index (χ4v) is 2.98. The van der Waals surface area contributed by atoms with Crippen LogP contribution in [-0.2, 0) is 11.3 Å². The van der Waals surface area contributed by atoms with Gasteiger partial charge in [0.15, 0.2) is 0 Å². The van der Waals surface area contributed by atoms with Crippen molar-refractivity contribution in [2.75, 3.05) is 11.9 Å². The molecule has 3 aromatic carbocycles. The number of hydrogen-bond donors (Lipinski definition) is 3. The summed E-state index contributed by atoms with van der Waals surface area (Å²) in [5.41, 5.74) is 2.69. The summed E-state index contributed by atoms with van der Waals surface area (Å²) in [4.78, 5) is 36.4. The highest BCUT2D eigenvalue weighted by molar-refractivity contribution is 6.04. The molecule has 0 aromatic heterocycles. The van der Waals surface area contributed by atoms with E-state index in [-0.39, 0.29) is 17.7 Å². The number of carbonyl (C=O) groups excluding carboxylic acids is 3. The van der Waals surface area contributed by atoms with Crippen LogP contribution >= 0.6 is 0 Å². The van der Waals surface area contributed by atoms with Crippen molar-refractivity contribution in [1.82, 2.24) is 10.6 Å². The van der Waals surface area contributed by atoms with E-state index >= 15 is 0 Å². The number of benzene rings is 3. The number of anilines is 1. The van der Waals surface area contributed by atoms with Crippen molar-refractivity contribution in [3.05, 3.63) is 102 Å². The summed E-state index contributed by atoms with van der Waals surface area (Å²) in [7, 11) is 0. The van der Waals surface area contributed by atoms with Gasteiger partial charge >= 0.3 is 0 Å². The zero-order valence-electron chi connectivity index (χ0n) is 17.1. The molecule has 0 aliphatic rings. The minimum Gasteiger partial charge on any atom is -0.352 e. The average molecular weight is 415 g/mol. The Labute approximate surface area is 181 Å². The zero-order valence-corrected chi connectivity index (χ0v) is 17.1. The van der Waals surface area contributed by atoms with Gasteiger partial charge in [-0.3, -0.25) is 14.4 Å². The Balaban J connectivity index is 1.39. The summed E-state index contributed by atoms with van der Waals surface area (Å²) >= 11 is 0. The van der Waals surface area contributed by atoms with Crippen molar-refractivity contribution in [1.29, 1.82) is 0 Å². The number of nitrogens with one attached hydrogen (secondary N) is 3. The molecule has 0 heterocycles. The maximum atomic E-state index is 12.4. The first-order valence-corrected chi connectivity index (χ1v) is 10.2. The number of para-hydroxylation sites is 1. The fourth-order valence-electron chi connectivity index (χ4n) is 2.98. The summed E-state index contributed by atoms with van der Waals surface area (Å²) in [5.74, 6) is -0.451. The largest absolute Gasteiger partial charge is 0.352 e. The van der Waals surface area contributed by atoms with Crippen LogP contribution in [0.15, 0.2) is 84.9 Å². The molecule has 0 fully saturated rings. The Hall–Kier alpha value is -3.93. The topological polar surface area (TPSA) is 87.3 Å². The standard InChI is InChI=1S/C25H25N3O3/c29-23(15-8-16-26-24(30)20-10-3-1-4-11-20)27-18-19-9-7-12-21(17-19)25(31)28-22-13-5-2-6-14-22/h1-7,9-14,17H,8,15-16,18H2,(H,26,30)(H,27,29)(H,28,31).